The lowest BCUT2D eigenvalue weighted by Gasteiger charge is -2.16. The fourth-order valence-corrected chi connectivity index (χ4v) is 4.52. The molecule has 0 aliphatic heterocycles. The van der Waals surface area contributed by atoms with Crippen LogP contribution in [0.5, 0.6) is 5.75 Å². The van der Waals surface area contributed by atoms with Gasteiger partial charge in [-0.1, -0.05) is 17.7 Å². The molecule has 0 saturated carbocycles. The van der Waals surface area contributed by atoms with Gasteiger partial charge < -0.3 is 9.47 Å². The van der Waals surface area contributed by atoms with Gasteiger partial charge in [-0.2, -0.15) is 4.31 Å². The lowest BCUT2D eigenvalue weighted by atomic mass is 10.2. The van der Waals surface area contributed by atoms with Gasteiger partial charge in [0.1, 0.15) is 23.9 Å². The van der Waals surface area contributed by atoms with Gasteiger partial charge >= 0.3 is 5.97 Å². The molecule has 0 radical (unpaired) electrons. The average molecular weight is 447 g/mol. The van der Waals surface area contributed by atoms with Crippen molar-refractivity contribution in [3.8, 4) is 16.3 Å². The van der Waals surface area contributed by atoms with Crippen molar-refractivity contribution in [2.24, 2.45) is 0 Å². The number of nitrogens with zero attached hydrogens (tertiary/aromatic N) is 2. The first-order valence-corrected chi connectivity index (χ1v) is 11.4. The van der Waals surface area contributed by atoms with Crippen molar-refractivity contribution in [3.63, 3.8) is 0 Å². The number of benzene rings is 2. The summed E-state index contributed by atoms with van der Waals surface area (Å²) in [5.74, 6) is 0.112. The van der Waals surface area contributed by atoms with Crippen LogP contribution in [0.4, 0.5) is 0 Å². The molecule has 0 unspecified atom stereocenters. The Kier molecular flexibility index (Phi) is 6.86. The Bertz CT molecular complexity index is 1110. The molecule has 0 saturated heterocycles. The number of hydrogen-bond acceptors (Lipinski definition) is 7. The molecule has 0 aliphatic carbocycles. The quantitative estimate of drug-likeness (QED) is 0.493. The zero-order valence-corrected chi connectivity index (χ0v) is 18.5. The molecule has 0 N–H and O–H groups in total. The van der Waals surface area contributed by atoms with Crippen molar-refractivity contribution in [1.29, 1.82) is 0 Å². The van der Waals surface area contributed by atoms with Crippen LogP contribution in [-0.4, -0.2) is 44.4 Å². The highest BCUT2D eigenvalue weighted by Gasteiger charge is 2.23. The maximum atomic E-state index is 12.6. The smallest absolute Gasteiger partial charge is 0.321 e. The van der Waals surface area contributed by atoms with Crippen LogP contribution in [-0.2, 0) is 26.2 Å². The van der Waals surface area contributed by atoms with Gasteiger partial charge in [0.25, 0.3) is 0 Å². The third-order valence-corrected chi connectivity index (χ3v) is 7.11. The molecule has 158 valence electrons. The fourth-order valence-electron chi connectivity index (χ4n) is 2.60. The van der Waals surface area contributed by atoms with Gasteiger partial charge in [-0.3, -0.25) is 4.79 Å². The summed E-state index contributed by atoms with van der Waals surface area (Å²) in [7, 11) is -0.809. The number of aryl methyl sites for hydroxylation is 1. The van der Waals surface area contributed by atoms with Gasteiger partial charge in [0.05, 0.1) is 17.7 Å². The third-order valence-electron chi connectivity index (χ3n) is 4.35. The second-order valence-corrected chi connectivity index (χ2v) is 9.51. The number of rotatable bonds is 8. The number of aromatic nitrogens is 1. The summed E-state index contributed by atoms with van der Waals surface area (Å²) >= 11 is 1.43. The Balaban J connectivity index is 1.56. The van der Waals surface area contributed by atoms with Crippen molar-refractivity contribution in [2.75, 3.05) is 20.7 Å². The number of thiazole rings is 1. The van der Waals surface area contributed by atoms with E-state index in [9.17, 15) is 13.2 Å². The molecule has 0 atom stereocenters. The second kappa shape index (κ2) is 9.38. The van der Waals surface area contributed by atoms with Gasteiger partial charge in [-0.05, 0) is 43.3 Å². The lowest BCUT2D eigenvalue weighted by Crippen LogP contribution is -2.33. The first kappa shape index (κ1) is 21.9. The first-order chi connectivity index (χ1) is 14.3. The Morgan fingerprint density at radius 1 is 1.10 bits per heavy atom. The van der Waals surface area contributed by atoms with E-state index in [2.05, 4.69) is 4.98 Å². The van der Waals surface area contributed by atoms with Crippen LogP contribution in [0.15, 0.2) is 58.8 Å². The summed E-state index contributed by atoms with van der Waals surface area (Å²) in [4.78, 5) is 16.7. The maximum absolute atomic E-state index is 12.6. The average Bonchev–Trinajstić information content (AvgIpc) is 3.21. The molecule has 3 aromatic rings. The number of esters is 1. The van der Waals surface area contributed by atoms with E-state index in [0.29, 0.717) is 5.69 Å². The topological polar surface area (TPSA) is 85.8 Å². The molecule has 30 heavy (non-hydrogen) atoms. The van der Waals surface area contributed by atoms with Gasteiger partial charge in [-0.25, -0.2) is 13.4 Å². The van der Waals surface area contributed by atoms with Crippen molar-refractivity contribution in [1.82, 2.24) is 9.29 Å². The molecule has 1 heterocycles. The predicted octanol–water partition coefficient (Wildman–Crippen LogP) is 3.49. The monoisotopic (exact) mass is 446 g/mol. The maximum Gasteiger partial charge on any atom is 0.321 e. The van der Waals surface area contributed by atoms with Crippen LogP contribution in [0.2, 0.25) is 0 Å². The van der Waals surface area contributed by atoms with Crippen molar-refractivity contribution in [3.05, 3.63) is 65.2 Å². The molecular weight excluding hydrogens is 424 g/mol. The zero-order chi connectivity index (χ0) is 21.7. The molecule has 0 amide bonds. The molecule has 1 aromatic heterocycles. The number of carbonyl (C=O) groups excluding carboxylic acids is 1. The number of sulfonamides is 1. The van der Waals surface area contributed by atoms with Crippen molar-refractivity contribution in [2.45, 2.75) is 18.4 Å². The highest BCUT2D eigenvalue weighted by molar-refractivity contribution is 7.89. The Morgan fingerprint density at radius 2 is 1.77 bits per heavy atom. The number of methoxy groups -OCH3 is 1. The van der Waals surface area contributed by atoms with Gasteiger partial charge in [0.15, 0.2) is 0 Å². The van der Waals surface area contributed by atoms with E-state index in [1.54, 1.807) is 24.6 Å². The van der Waals surface area contributed by atoms with Crippen LogP contribution >= 0.6 is 11.3 Å². The molecule has 7 nitrogen and oxygen atoms in total. The van der Waals surface area contributed by atoms with E-state index in [-0.39, 0.29) is 18.0 Å². The standard InChI is InChI=1S/C21H22N2O5S2/c1-15-4-10-19(11-5-15)30(25,26)23(2)12-20(24)28-13-17-14-29-21(22-17)16-6-8-18(27-3)9-7-16/h4-11,14H,12-13H2,1-3H3. The summed E-state index contributed by atoms with van der Waals surface area (Å²) in [5, 5.41) is 2.60. The van der Waals surface area contributed by atoms with E-state index in [1.807, 2.05) is 31.2 Å². The van der Waals surface area contributed by atoms with Crippen LogP contribution in [0.25, 0.3) is 10.6 Å². The van der Waals surface area contributed by atoms with E-state index in [1.165, 1.54) is 30.5 Å². The normalized spacial score (nSPS) is 11.5. The van der Waals surface area contributed by atoms with Crippen LogP contribution in [0, 0.1) is 6.92 Å². The largest absolute Gasteiger partial charge is 0.497 e. The van der Waals surface area contributed by atoms with E-state index < -0.39 is 16.0 Å². The van der Waals surface area contributed by atoms with Crippen LogP contribution in [0.3, 0.4) is 0 Å². The minimum atomic E-state index is -3.76. The third kappa shape index (κ3) is 5.24. The Labute approximate surface area is 180 Å². The molecule has 2 aromatic carbocycles. The minimum Gasteiger partial charge on any atom is -0.497 e. The lowest BCUT2D eigenvalue weighted by molar-refractivity contribution is -0.145. The second-order valence-electron chi connectivity index (χ2n) is 6.61. The molecule has 3 rings (SSSR count). The highest BCUT2D eigenvalue weighted by atomic mass is 32.2. The van der Waals surface area contributed by atoms with Crippen molar-refractivity contribution < 1.29 is 22.7 Å². The summed E-state index contributed by atoms with van der Waals surface area (Å²) in [6.45, 7) is 1.46. The zero-order valence-electron chi connectivity index (χ0n) is 16.9. The molecule has 0 bridgehead atoms. The molecule has 0 fully saturated rings. The molecule has 0 spiro atoms. The summed E-state index contributed by atoms with van der Waals surface area (Å²) in [6.07, 6.45) is 0. The van der Waals surface area contributed by atoms with Gasteiger partial charge in [0.2, 0.25) is 10.0 Å². The number of hydrogen-bond donors (Lipinski definition) is 0. The molecule has 0 aliphatic rings. The Hall–Kier alpha value is -2.75. The SMILES string of the molecule is COc1ccc(-c2nc(COC(=O)CN(C)S(=O)(=O)c3ccc(C)cc3)cs2)cc1. The summed E-state index contributed by atoms with van der Waals surface area (Å²) in [6, 6.07) is 14.0. The van der Waals surface area contributed by atoms with E-state index >= 15 is 0 Å². The van der Waals surface area contributed by atoms with E-state index in [0.717, 1.165) is 26.2 Å². The van der Waals surface area contributed by atoms with Crippen molar-refractivity contribution >= 4 is 27.3 Å². The molecule has 9 heteroatoms. The predicted molar refractivity (Wildman–Crippen MR) is 115 cm³/mol. The summed E-state index contributed by atoms with van der Waals surface area (Å²) < 4.78 is 36.4. The van der Waals surface area contributed by atoms with Crippen LogP contribution in [0.1, 0.15) is 11.3 Å². The number of carbonyl (C=O) groups is 1. The Morgan fingerprint density at radius 3 is 2.40 bits per heavy atom. The number of likely N-dealkylation sites (N-methyl/N-ethyl adjacent to an activating group) is 1. The van der Waals surface area contributed by atoms with E-state index in [4.69, 9.17) is 9.47 Å². The first-order valence-electron chi connectivity index (χ1n) is 9.07. The minimum absolute atomic E-state index is 0.0239. The fraction of sp³-hybridized carbons (Fsp3) is 0.238. The highest BCUT2D eigenvalue weighted by Crippen LogP contribution is 2.26. The van der Waals surface area contributed by atoms with Gasteiger partial charge in [-0.15, -0.1) is 11.3 Å². The van der Waals surface area contributed by atoms with Gasteiger partial charge in [0, 0.05) is 18.0 Å². The number of ether oxygens (including phenoxy) is 2. The molecular formula is C21H22N2O5S2. The summed E-state index contributed by atoms with van der Waals surface area (Å²) in [5.41, 5.74) is 2.48. The van der Waals surface area contributed by atoms with Crippen LogP contribution < -0.4 is 4.74 Å².